The van der Waals surface area contributed by atoms with E-state index in [1.165, 1.54) is 12.1 Å². The molecule has 1 fully saturated rings. The molecule has 21 heavy (non-hydrogen) atoms. The molecule has 3 nitrogen and oxygen atoms in total. The predicted octanol–water partition coefficient (Wildman–Crippen LogP) is 3.81. The summed E-state index contributed by atoms with van der Waals surface area (Å²) in [5, 5.41) is 4.02. The molecule has 0 bridgehead atoms. The van der Waals surface area contributed by atoms with Crippen LogP contribution in [0.4, 0.5) is 15.8 Å². The summed E-state index contributed by atoms with van der Waals surface area (Å²) in [4.78, 5) is 6.26. The minimum Gasteiger partial charge on any atom is -0.383 e. The topological polar surface area (TPSA) is 28.2 Å². The lowest BCUT2D eigenvalue weighted by Gasteiger charge is -2.19. The van der Waals surface area contributed by atoms with Crippen molar-refractivity contribution in [1.29, 1.82) is 0 Å². The van der Waals surface area contributed by atoms with Crippen LogP contribution in [0.1, 0.15) is 6.42 Å². The van der Waals surface area contributed by atoms with Crippen LogP contribution in [-0.4, -0.2) is 24.6 Å². The number of halogens is 2. The van der Waals surface area contributed by atoms with Crippen LogP contribution < -0.4 is 10.2 Å². The number of rotatable bonds is 4. The number of aromatic nitrogens is 1. The molecule has 5 heteroatoms. The van der Waals surface area contributed by atoms with Crippen LogP contribution in [0.15, 0.2) is 42.7 Å². The van der Waals surface area contributed by atoms with Crippen LogP contribution in [0.2, 0.25) is 5.02 Å². The lowest BCUT2D eigenvalue weighted by Crippen LogP contribution is -2.22. The molecule has 2 aromatic rings. The quantitative estimate of drug-likeness (QED) is 0.931. The summed E-state index contributed by atoms with van der Waals surface area (Å²) in [6.45, 7) is 2.85. The van der Waals surface area contributed by atoms with Crippen LogP contribution in [0, 0.1) is 11.7 Å². The van der Waals surface area contributed by atoms with Gasteiger partial charge in [0.2, 0.25) is 0 Å². The summed E-state index contributed by atoms with van der Waals surface area (Å²) >= 11 is 6.08. The van der Waals surface area contributed by atoms with E-state index in [4.69, 9.17) is 11.6 Å². The van der Waals surface area contributed by atoms with Crippen LogP contribution in [-0.2, 0) is 0 Å². The fourth-order valence-electron chi connectivity index (χ4n) is 2.66. The zero-order chi connectivity index (χ0) is 14.7. The zero-order valence-corrected chi connectivity index (χ0v) is 12.4. The lowest BCUT2D eigenvalue weighted by atomic mass is 10.1. The molecule has 2 heterocycles. The smallest absolute Gasteiger partial charge is 0.123 e. The second-order valence-corrected chi connectivity index (χ2v) is 5.72. The molecular formula is C16H17ClFN3. The molecule has 1 aromatic carbocycles. The largest absolute Gasteiger partial charge is 0.383 e. The maximum absolute atomic E-state index is 13.0. The first kappa shape index (κ1) is 14.1. The monoisotopic (exact) mass is 305 g/mol. The van der Waals surface area contributed by atoms with Gasteiger partial charge in [0.25, 0.3) is 0 Å². The Kier molecular flexibility index (Phi) is 4.25. The van der Waals surface area contributed by atoms with E-state index in [1.807, 2.05) is 18.2 Å². The SMILES string of the molecule is Fc1ccc(N2CCC(CNc3ccncc3Cl)C2)cc1. The average molecular weight is 306 g/mol. The summed E-state index contributed by atoms with van der Waals surface area (Å²) in [5.74, 6) is 0.364. The van der Waals surface area contributed by atoms with E-state index < -0.39 is 0 Å². The summed E-state index contributed by atoms with van der Waals surface area (Å²) in [5.41, 5.74) is 2.01. The van der Waals surface area contributed by atoms with Crippen molar-refractivity contribution in [2.24, 2.45) is 5.92 Å². The highest BCUT2D eigenvalue weighted by Gasteiger charge is 2.22. The van der Waals surface area contributed by atoms with Crippen molar-refractivity contribution in [3.05, 3.63) is 53.6 Å². The van der Waals surface area contributed by atoms with E-state index in [9.17, 15) is 4.39 Å². The second kappa shape index (κ2) is 6.31. The summed E-state index contributed by atoms with van der Waals surface area (Å²) in [6, 6.07) is 8.58. The first-order valence-electron chi connectivity index (χ1n) is 7.06. The van der Waals surface area contributed by atoms with Crippen molar-refractivity contribution < 1.29 is 4.39 Å². The summed E-state index contributed by atoms with van der Waals surface area (Å²) in [6.07, 6.45) is 4.49. The Bertz CT molecular complexity index is 603. The second-order valence-electron chi connectivity index (χ2n) is 5.31. The van der Waals surface area contributed by atoms with Crippen molar-refractivity contribution in [2.45, 2.75) is 6.42 Å². The van der Waals surface area contributed by atoms with Gasteiger partial charge in [-0.15, -0.1) is 0 Å². The third-order valence-corrected chi connectivity index (χ3v) is 4.13. The maximum atomic E-state index is 13.0. The van der Waals surface area contributed by atoms with E-state index in [-0.39, 0.29) is 5.82 Å². The average Bonchev–Trinajstić information content (AvgIpc) is 2.96. The lowest BCUT2D eigenvalue weighted by molar-refractivity contribution is 0.621. The van der Waals surface area contributed by atoms with Crippen molar-refractivity contribution in [2.75, 3.05) is 29.9 Å². The molecule has 1 aliphatic heterocycles. The molecule has 1 aromatic heterocycles. The molecule has 1 saturated heterocycles. The van der Waals surface area contributed by atoms with Gasteiger partial charge in [-0.05, 0) is 42.7 Å². The third-order valence-electron chi connectivity index (χ3n) is 3.83. The van der Waals surface area contributed by atoms with Gasteiger partial charge in [-0.1, -0.05) is 11.6 Å². The van der Waals surface area contributed by atoms with Crippen LogP contribution in [0.25, 0.3) is 0 Å². The molecule has 1 aliphatic rings. The Morgan fingerprint density at radius 3 is 2.86 bits per heavy atom. The fourth-order valence-corrected chi connectivity index (χ4v) is 2.84. The minimum atomic E-state index is -0.191. The number of nitrogens with zero attached hydrogens (tertiary/aromatic N) is 2. The molecular weight excluding hydrogens is 289 g/mol. The van der Waals surface area contributed by atoms with Gasteiger partial charge in [0.05, 0.1) is 10.7 Å². The van der Waals surface area contributed by atoms with Crippen molar-refractivity contribution in [1.82, 2.24) is 4.98 Å². The molecule has 0 radical (unpaired) electrons. The highest BCUT2D eigenvalue weighted by Crippen LogP contribution is 2.25. The number of pyridine rings is 1. The van der Waals surface area contributed by atoms with Crippen molar-refractivity contribution in [3.63, 3.8) is 0 Å². The van der Waals surface area contributed by atoms with Gasteiger partial charge in [-0.3, -0.25) is 4.98 Å². The Morgan fingerprint density at radius 2 is 2.10 bits per heavy atom. The Labute approximate surface area is 128 Å². The van der Waals surface area contributed by atoms with E-state index in [1.54, 1.807) is 12.4 Å². The van der Waals surface area contributed by atoms with Gasteiger partial charge in [-0.2, -0.15) is 0 Å². The van der Waals surface area contributed by atoms with Crippen LogP contribution in [0.5, 0.6) is 0 Å². The number of hydrogen-bond acceptors (Lipinski definition) is 3. The number of benzene rings is 1. The van der Waals surface area contributed by atoms with E-state index in [0.717, 1.165) is 37.4 Å². The van der Waals surface area contributed by atoms with Gasteiger partial charge < -0.3 is 10.2 Å². The minimum absolute atomic E-state index is 0.191. The fraction of sp³-hybridized carbons (Fsp3) is 0.312. The summed E-state index contributed by atoms with van der Waals surface area (Å²) < 4.78 is 13.0. The van der Waals surface area contributed by atoms with Gasteiger partial charge in [-0.25, -0.2) is 4.39 Å². The molecule has 0 aliphatic carbocycles. The van der Waals surface area contributed by atoms with Gasteiger partial charge in [0.15, 0.2) is 0 Å². The molecule has 1 unspecified atom stereocenters. The van der Waals surface area contributed by atoms with Crippen LogP contribution in [0.3, 0.4) is 0 Å². The highest BCUT2D eigenvalue weighted by atomic mass is 35.5. The molecule has 3 rings (SSSR count). The zero-order valence-electron chi connectivity index (χ0n) is 11.6. The molecule has 0 saturated carbocycles. The molecule has 0 spiro atoms. The molecule has 110 valence electrons. The molecule has 1 N–H and O–H groups in total. The molecule has 0 amide bonds. The van der Waals surface area contributed by atoms with Crippen molar-refractivity contribution >= 4 is 23.0 Å². The number of hydrogen-bond donors (Lipinski definition) is 1. The third kappa shape index (κ3) is 3.45. The van der Waals surface area contributed by atoms with Gasteiger partial charge >= 0.3 is 0 Å². The Hall–Kier alpha value is -1.81. The van der Waals surface area contributed by atoms with Crippen molar-refractivity contribution in [3.8, 4) is 0 Å². The van der Waals surface area contributed by atoms with E-state index in [0.29, 0.717) is 10.9 Å². The van der Waals surface area contributed by atoms with Gasteiger partial charge in [0.1, 0.15) is 5.82 Å². The van der Waals surface area contributed by atoms with E-state index in [2.05, 4.69) is 15.2 Å². The first-order valence-corrected chi connectivity index (χ1v) is 7.44. The highest BCUT2D eigenvalue weighted by molar-refractivity contribution is 6.33. The Morgan fingerprint density at radius 1 is 1.29 bits per heavy atom. The van der Waals surface area contributed by atoms with Crippen LogP contribution >= 0.6 is 11.6 Å². The van der Waals surface area contributed by atoms with Gasteiger partial charge in [0, 0.05) is 37.7 Å². The predicted molar refractivity (Wildman–Crippen MR) is 84.5 cm³/mol. The maximum Gasteiger partial charge on any atom is 0.123 e. The number of anilines is 2. The normalized spacial score (nSPS) is 18.0. The first-order chi connectivity index (χ1) is 10.2. The Balaban J connectivity index is 1.55. The standard InChI is InChI=1S/C16H17ClFN3/c17-15-10-19-7-5-16(15)20-9-12-6-8-21(11-12)14-3-1-13(18)2-4-14/h1-5,7,10,12H,6,8-9,11H2,(H,19,20). The van der Waals surface area contributed by atoms with E-state index >= 15 is 0 Å². The number of nitrogens with one attached hydrogen (secondary N) is 1. The summed E-state index contributed by atoms with van der Waals surface area (Å²) in [7, 11) is 0. The molecule has 1 atom stereocenters.